The highest BCUT2D eigenvalue weighted by Crippen LogP contribution is 2.53. The summed E-state index contributed by atoms with van der Waals surface area (Å²) in [6.45, 7) is 3.74. The number of rotatable bonds is 7. The normalized spacial score (nSPS) is 12.4. The van der Waals surface area contributed by atoms with E-state index in [1.807, 2.05) is 24.3 Å². The number of nitriles is 1. The molecule has 0 saturated heterocycles. The standard InChI is InChI=1S/C13H17N2O3PS/c1-3-17-19(16,18-4-2)12(10-14)13(20)15-11-8-6-5-7-9-11/h5-9,12H,3-4H2,1-2H3,(H,15,20)/t12-/m0/s1. The summed E-state index contributed by atoms with van der Waals surface area (Å²) in [4.78, 5) is 0.129. The first-order valence-corrected chi connectivity index (χ1v) is 8.23. The van der Waals surface area contributed by atoms with E-state index in [9.17, 15) is 9.83 Å². The molecular formula is C13H17N2O3PS. The maximum absolute atomic E-state index is 12.6. The van der Waals surface area contributed by atoms with Crippen LogP contribution in [-0.2, 0) is 13.6 Å². The second-order valence-corrected chi connectivity index (χ2v) is 6.31. The topological polar surface area (TPSA) is 71.3 Å². The lowest BCUT2D eigenvalue weighted by Gasteiger charge is -2.22. The molecule has 1 N–H and O–H groups in total. The van der Waals surface area contributed by atoms with Crippen molar-refractivity contribution in [2.24, 2.45) is 0 Å². The Morgan fingerprint density at radius 2 is 1.90 bits per heavy atom. The number of para-hydroxylation sites is 1. The third-order valence-electron chi connectivity index (χ3n) is 2.35. The van der Waals surface area contributed by atoms with Gasteiger partial charge in [-0.25, -0.2) is 0 Å². The van der Waals surface area contributed by atoms with E-state index in [4.69, 9.17) is 21.3 Å². The maximum atomic E-state index is 12.6. The van der Waals surface area contributed by atoms with Crippen LogP contribution in [0.1, 0.15) is 13.8 Å². The lowest BCUT2D eigenvalue weighted by molar-refractivity contribution is 0.220. The zero-order valence-corrected chi connectivity index (χ0v) is 13.1. The predicted molar refractivity (Wildman–Crippen MR) is 82.9 cm³/mol. The van der Waals surface area contributed by atoms with E-state index < -0.39 is 13.3 Å². The van der Waals surface area contributed by atoms with Gasteiger partial charge in [-0.2, -0.15) is 5.26 Å². The van der Waals surface area contributed by atoms with E-state index in [0.29, 0.717) is 0 Å². The minimum Gasteiger partial charge on any atom is -0.348 e. The van der Waals surface area contributed by atoms with Crippen LogP contribution in [0.5, 0.6) is 0 Å². The largest absolute Gasteiger partial charge is 0.354 e. The first-order valence-electron chi connectivity index (χ1n) is 6.21. The summed E-state index contributed by atoms with van der Waals surface area (Å²) < 4.78 is 22.9. The molecule has 0 aromatic heterocycles. The molecule has 0 spiro atoms. The molecule has 0 saturated carbocycles. The molecule has 0 heterocycles. The zero-order chi connectivity index (χ0) is 15.0. The van der Waals surface area contributed by atoms with E-state index in [0.717, 1.165) is 5.69 Å². The number of benzene rings is 1. The number of nitrogens with zero attached hydrogens (tertiary/aromatic N) is 1. The monoisotopic (exact) mass is 312 g/mol. The van der Waals surface area contributed by atoms with Gasteiger partial charge >= 0.3 is 7.60 Å². The summed E-state index contributed by atoms with van der Waals surface area (Å²) in [6, 6.07) is 11.0. The molecule has 0 aliphatic carbocycles. The van der Waals surface area contributed by atoms with Crippen molar-refractivity contribution in [2.75, 3.05) is 18.5 Å². The van der Waals surface area contributed by atoms with Crippen LogP contribution < -0.4 is 5.32 Å². The van der Waals surface area contributed by atoms with Crippen molar-refractivity contribution < 1.29 is 13.6 Å². The van der Waals surface area contributed by atoms with E-state index in [2.05, 4.69) is 5.32 Å². The number of thiocarbonyl (C=S) groups is 1. The van der Waals surface area contributed by atoms with Crippen molar-refractivity contribution in [1.29, 1.82) is 5.26 Å². The van der Waals surface area contributed by atoms with Gasteiger partial charge in [0.1, 0.15) is 4.99 Å². The highest BCUT2D eigenvalue weighted by atomic mass is 32.1. The number of hydrogen-bond donors (Lipinski definition) is 1. The molecule has 1 rings (SSSR count). The maximum Gasteiger partial charge on any atom is 0.354 e. The third kappa shape index (κ3) is 4.39. The second kappa shape index (κ2) is 8.13. The van der Waals surface area contributed by atoms with E-state index >= 15 is 0 Å². The molecular weight excluding hydrogens is 295 g/mol. The van der Waals surface area contributed by atoms with Crippen LogP contribution >= 0.6 is 19.8 Å². The third-order valence-corrected chi connectivity index (χ3v) is 5.10. The van der Waals surface area contributed by atoms with Crippen LogP contribution in [0.4, 0.5) is 5.69 Å². The summed E-state index contributed by atoms with van der Waals surface area (Å²) in [5, 5.41) is 12.1. The highest BCUT2D eigenvalue weighted by Gasteiger charge is 2.39. The van der Waals surface area contributed by atoms with Crippen LogP contribution in [0.3, 0.4) is 0 Å². The van der Waals surface area contributed by atoms with Gasteiger partial charge in [0.15, 0.2) is 5.66 Å². The smallest absolute Gasteiger partial charge is 0.348 e. The van der Waals surface area contributed by atoms with Crippen LogP contribution in [0.25, 0.3) is 0 Å². The zero-order valence-electron chi connectivity index (χ0n) is 11.4. The summed E-state index contributed by atoms with van der Waals surface area (Å²) in [5.74, 6) is 0. The van der Waals surface area contributed by atoms with E-state index in [-0.39, 0.29) is 18.2 Å². The van der Waals surface area contributed by atoms with Gasteiger partial charge in [-0.1, -0.05) is 30.4 Å². The molecule has 1 aromatic rings. The van der Waals surface area contributed by atoms with Crippen LogP contribution in [0.2, 0.25) is 0 Å². The molecule has 0 amide bonds. The molecule has 108 valence electrons. The van der Waals surface area contributed by atoms with Gasteiger partial charge in [0.25, 0.3) is 0 Å². The average Bonchev–Trinajstić information content (AvgIpc) is 2.41. The minimum atomic E-state index is -3.59. The summed E-state index contributed by atoms with van der Waals surface area (Å²) >= 11 is 5.17. The first-order chi connectivity index (χ1) is 9.57. The lowest BCUT2D eigenvalue weighted by atomic mass is 10.3. The molecule has 0 fully saturated rings. The van der Waals surface area contributed by atoms with Gasteiger partial charge in [-0.3, -0.25) is 4.57 Å². The fraction of sp³-hybridized carbons (Fsp3) is 0.385. The van der Waals surface area contributed by atoms with Gasteiger partial charge in [0.05, 0.1) is 19.3 Å². The van der Waals surface area contributed by atoms with Crippen molar-refractivity contribution in [1.82, 2.24) is 0 Å². The molecule has 5 nitrogen and oxygen atoms in total. The Morgan fingerprint density at radius 1 is 1.35 bits per heavy atom. The van der Waals surface area contributed by atoms with Gasteiger partial charge < -0.3 is 14.4 Å². The molecule has 0 bridgehead atoms. The fourth-order valence-corrected chi connectivity index (χ4v) is 3.69. The first kappa shape index (κ1) is 16.8. The van der Waals surface area contributed by atoms with Gasteiger partial charge in [-0.05, 0) is 26.0 Å². The Morgan fingerprint density at radius 3 is 2.35 bits per heavy atom. The van der Waals surface area contributed by atoms with E-state index in [1.54, 1.807) is 26.0 Å². The quantitative estimate of drug-likeness (QED) is 0.613. The van der Waals surface area contributed by atoms with Crippen molar-refractivity contribution >= 4 is 30.5 Å². The summed E-state index contributed by atoms with van der Waals surface area (Å²) in [7, 11) is -3.59. The molecule has 0 aliphatic heterocycles. The van der Waals surface area contributed by atoms with Gasteiger partial charge in [0.2, 0.25) is 0 Å². The van der Waals surface area contributed by atoms with Crippen molar-refractivity contribution in [3.63, 3.8) is 0 Å². The predicted octanol–water partition coefficient (Wildman–Crippen LogP) is 3.58. The Hall–Kier alpha value is -1.25. The highest BCUT2D eigenvalue weighted by molar-refractivity contribution is 7.82. The molecule has 20 heavy (non-hydrogen) atoms. The molecule has 1 atom stereocenters. The molecule has 1 aromatic carbocycles. The Bertz CT molecular complexity index is 520. The van der Waals surface area contributed by atoms with Crippen molar-refractivity contribution in [2.45, 2.75) is 19.5 Å². The number of anilines is 1. The molecule has 7 heteroatoms. The second-order valence-electron chi connectivity index (χ2n) is 3.76. The molecule has 0 unspecified atom stereocenters. The molecule has 0 aliphatic rings. The van der Waals surface area contributed by atoms with E-state index in [1.165, 1.54) is 0 Å². The Balaban J connectivity index is 2.91. The minimum absolute atomic E-state index is 0.129. The summed E-state index contributed by atoms with van der Waals surface area (Å²) in [5.41, 5.74) is -0.407. The Labute approximate surface area is 124 Å². The van der Waals surface area contributed by atoms with Gasteiger partial charge in [0, 0.05) is 5.69 Å². The van der Waals surface area contributed by atoms with Crippen LogP contribution in [0.15, 0.2) is 30.3 Å². The average molecular weight is 312 g/mol. The van der Waals surface area contributed by atoms with Crippen LogP contribution in [0, 0.1) is 11.3 Å². The number of hydrogen-bond acceptors (Lipinski definition) is 5. The SMILES string of the molecule is CCOP(=O)(OCC)[C@@H](C#N)C(=S)Nc1ccccc1. The molecule has 0 radical (unpaired) electrons. The van der Waals surface area contributed by atoms with Crippen LogP contribution in [-0.4, -0.2) is 23.9 Å². The lowest BCUT2D eigenvalue weighted by Crippen LogP contribution is -2.26. The Kier molecular flexibility index (Phi) is 6.83. The number of nitrogens with one attached hydrogen (secondary N) is 1. The van der Waals surface area contributed by atoms with Gasteiger partial charge in [-0.15, -0.1) is 0 Å². The van der Waals surface area contributed by atoms with Crippen molar-refractivity contribution in [3.8, 4) is 6.07 Å². The fourth-order valence-electron chi connectivity index (χ4n) is 1.55. The summed E-state index contributed by atoms with van der Waals surface area (Å²) in [6.07, 6.45) is 0. The van der Waals surface area contributed by atoms with Crippen molar-refractivity contribution in [3.05, 3.63) is 30.3 Å².